The molecule has 2 heterocycles. The summed E-state index contributed by atoms with van der Waals surface area (Å²) in [6.07, 6.45) is 3.42. The Morgan fingerprint density at radius 3 is 2.59 bits per heavy atom. The molecule has 1 aromatic heterocycles. The molecule has 2 aromatic carbocycles. The lowest BCUT2D eigenvalue weighted by Gasteiger charge is -2.27. The van der Waals surface area contributed by atoms with Crippen LogP contribution in [0.1, 0.15) is 22.7 Å². The second-order valence-electron chi connectivity index (χ2n) is 6.74. The van der Waals surface area contributed by atoms with Gasteiger partial charge in [-0.2, -0.15) is 0 Å². The lowest BCUT2D eigenvalue weighted by molar-refractivity contribution is -0.130. The summed E-state index contributed by atoms with van der Waals surface area (Å²) >= 11 is 3.51. The molecule has 1 aliphatic heterocycles. The van der Waals surface area contributed by atoms with E-state index in [9.17, 15) is 9.90 Å². The van der Waals surface area contributed by atoms with Crippen LogP contribution in [0, 0.1) is 0 Å². The number of aliphatic hydroxyl groups excluding tert-OH is 1. The average Bonchev–Trinajstić information content (AvgIpc) is 2.99. The van der Waals surface area contributed by atoms with Gasteiger partial charge in [0.1, 0.15) is 5.75 Å². The summed E-state index contributed by atoms with van der Waals surface area (Å²) in [5.41, 5.74) is 3.16. The number of carbonyl (C=O) groups is 1. The van der Waals surface area contributed by atoms with Crippen LogP contribution < -0.4 is 4.74 Å². The molecule has 1 atom stereocenters. The van der Waals surface area contributed by atoms with Crippen LogP contribution in [0.5, 0.6) is 5.75 Å². The molecule has 4 rings (SSSR count). The molecule has 1 unspecified atom stereocenters. The van der Waals surface area contributed by atoms with Gasteiger partial charge in [0.15, 0.2) is 5.76 Å². The Kier molecular flexibility index (Phi) is 5.36. The fourth-order valence-electron chi connectivity index (χ4n) is 3.59. The third-order valence-electron chi connectivity index (χ3n) is 4.94. The average molecular weight is 451 g/mol. The van der Waals surface area contributed by atoms with Gasteiger partial charge < -0.3 is 14.7 Å². The zero-order valence-electron chi connectivity index (χ0n) is 15.7. The standard InChI is InChI=1S/C23H19BrN2O3/c1-29-19-9-7-16(8-10-19)20-21(17-5-2-6-18(24)12-17)26(23(28)22(20)27)14-15-4-3-11-25-13-15/h2-13,21,27H,14H2,1H3. The first kappa shape index (κ1) is 19.2. The maximum Gasteiger partial charge on any atom is 0.290 e. The third-order valence-corrected chi connectivity index (χ3v) is 5.44. The quantitative estimate of drug-likeness (QED) is 0.599. The Morgan fingerprint density at radius 2 is 1.93 bits per heavy atom. The fraction of sp³-hybridized carbons (Fsp3) is 0.130. The van der Waals surface area contributed by atoms with Crippen LogP contribution in [0.2, 0.25) is 0 Å². The van der Waals surface area contributed by atoms with Crippen molar-refractivity contribution >= 4 is 27.4 Å². The van der Waals surface area contributed by atoms with Gasteiger partial charge in [0.2, 0.25) is 0 Å². The molecule has 0 bridgehead atoms. The van der Waals surface area contributed by atoms with E-state index in [4.69, 9.17) is 4.74 Å². The number of aliphatic hydroxyl groups is 1. The molecule has 1 aliphatic rings. The SMILES string of the molecule is COc1ccc(C2=C(O)C(=O)N(Cc3cccnc3)C2c2cccc(Br)c2)cc1. The summed E-state index contributed by atoms with van der Waals surface area (Å²) in [6, 6.07) is 18.5. The number of amides is 1. The lowest BCUT2D eigenvalue weighted by Crippen LogP contribution is -2.29. The first-order valence-electron chi connectivity index (χ1n) is 9.11. The number of halogens is 1. The van der Waals surface area contributed by atoms with Crippen molar-refractivity contribution in [3.8, 4) is 5.75 Å². The minimum atomic E-state index is -0.423. The number of ether oxygens (including phenoxy) is 1. The molecule has 146 valence electrons. The highest BCUT2D eigenvalue weighted by Gasteiger charge is 2.41. The Morgan fingerprint density at radius 1 is 1.14 bits per heavy atom. The number of rotatable bonds is 5. The second-order valence-corrected chi connectivity index (χ2v) is 7.66. The smallest absolute Gasteiger partial charge is 0.290 e. The molecular formula is C23H19BrN2O3. The van der Waals surface area contributed by atoms with E-state index in [0.717, 1.165) is 21.2 Å². The Balaban J connectivity index is 1.81. The van der Waals surface area contributed by atoms with Gasteiger partial charge in [0, 0.05) is 29.0 Å². The summed E-state index contributed by atoms with van der Waals surface area (Å²) in [6.45, 7) is 0.341. The largest absolute Gasteiger partial charge is 0.503 e. The van der Waals surface area contributed by atoms with Gasteiger partial charge in [-0.15, -0.1) is 0 Å². The van der Waals surface area contributed by atoms with Crippen molar-refractivity contribution < 1.29 is 14.6 Å². The maximum absolute atomic E-state index is 13.0. The van der Waals surface area contributed by atoms with E-state index < -0.39 is 11.9 Å². The molecule has 0 aliphatic carbocycles. The van der Waals surface area contributed by atoms with Crippen LogP contribution in [-0.2, 0) is 11.3 Å². The van der Waals surface area contributed by atoms with Gasteiger partial charge in [0.25, 0.3) is 5.91 Å². The van der Waals surface area contributed by atoms with E-state index in [2.05, 4.69) is 20.9 Å². The van der Waals surface area contributed by atoms with Gasteiger partial charge >= 0.3 is 0 Å². The zero-order valence-corrected chi connectivity index (χ0v) is 17.3. The molecule has 29 heavy (non-hydrogen) atoms. The van der Waals surface area contributed by atoms with E-state index in [-0.39, 0.29) is 5.76 Å². The molecule has 0 saturated carbocycles. The monoisotopic (exact) mass is 450 g/mol. The van der Waals surface area contributed by atoms with Gasteiger partial charge in [-0.1, -0.05) is 46.3 Å². The minimum Gasteiger partial charge on any atom is -0.503 e. The van der Waals surface area contributed by atoms with Crippen LogP contribution in [0.25, 0.3) is 5.57 Å². The van der Waals surface area contributed by atoms with Crippen molar-refractivity contribution in [2.24, 2.45) is 0 Å². The predicted molar refractivity (Wildman–Crippen MR) is 114 cm³/mol. The predicted octanol–water partition coefficient (Wildman–Crippen LogP) is 4.91. The van der Waals surface area contributed by atoms with Gasteiger partial charge in [-0.25, -0.2) is 0 Å². The molecule has 0 radical (unpaired) electrons. The van der Waals surface area contributed by atoms with E-state index in [0.29, 0.717) is 17.9 Å². The number of carbonyl (C=O) groups excluding carboxylic acids is 1. The molecule has 1 amide bonds. The van der Waals surface area contributed by atoms with Crippen molar-refractivity contribution in [2.75, 3.05) is 7.11 Å². The van der Waals surface area contributed by atoms with E-state index in [1.807, 2.05) is 60.7 Å². The van der Waals surface area contributed by atoms with Crippen LogP contribution in [0.3, 0.4) is 0 Å². The molecule has 5 nitrogen and oxygen atoms in total. The fourth-order valence-corrected chi connectivity index (χ4v) is 4.01. The highest BCUT2D eigenvalue weighted by atomic mass is 79.9. The second kappa shape index (κ2) is 8.09. The summed E-state index contributed by atoms with van der Waals surface area (Å²) in [5.74, 6) is 0.0815. The number of methoxy groups -OCH3 is 1. The highest BCUT2D eigenvalue weighted by molar-refractivity contribution is 9.10. The van der Waals surface area contributed by atoms with Crippen molar-refractivity contribution in [2.45, 2.75) is 12.6 Å². The van der Waals surface area contributed by atoms with E-state index in [1.54, 1.807) is 24.4 Å². The minimum absolute atomic E-state index is 0.232. The van der Waals surface area contributed by atoms with Gasteiger partial charge in [-0.05, 0) is 47.0 Å². The van der Waals surface area contributed by atoms with Crippen LogP contribution in [0.15, 0.2) is 83.3 Å². The summed E-state index contributed by atoms with van der Waals surface area (Å²) < 4.78 is 6.14. The normalized spacial score (nSPS) is 16.4. The number of pyridine rings is 1. The molecular weight excluding hydrogens is 432 g/mol. The Hall–Kier alpha value is -3.12. The number of nitrogens with zero attached hydrogens (tertiary/aromatic N) is 2. The molecule has 0 saturated heterocycles. The molecule has 6 heteroatoms. The summed E-state index contributed by atoms with van der Waals surface area (Å²) in [5, 5.41) is 10.8. The zero-order chi connectivity index (χ0) is 20.4. The topological polar surface area (TPSA) is 62.7 Å². The number of hydrogen-bond donors (Lipinski definition) is 1. The summed E-state index contributed by atoms with van der Waals surface area (Å²) in [4.78, 5) is 18.9. The van der Waals surface area contributed by atoms with Crippen molar-refractivity contribution in [1.29, 1.82) is 0 Å². The first-order chi connectivity index (χ1) is 14.1. The van der Waals surface area contributed by atoms with E-state index in [1.165, 1.54) is 0 Å². The molecule has 3 aromatic rings. The third kappa shape index (κ3) is 3.76. The number of aromatic nitrogens is 1. The van der Waals surface area contributed by atoms with Crippen molar-refractivity contribution in [3.05, 3.63) is 100.0 Å². The molecule has 0 spiro atoms. The Bertz CT molecular complexity index is 1060. The van der Waals surface area contributed by atoms with Crippen molar-refractivity contribution in [1.82, 2.24) is 9.88 Å². The van der Waals surface area contributed by atoms with Gasteiger partial charge in [-0.3, -0.25) is 9.78 Å². The first-order valence-corrected chi connectivity index (χ1v) is 9.90. The molecule has 1 N–H and O–H groups in total. The number of benzene rings is 2. The maximum atomic E-state index is 13.0. The lowest BCUT2D eigenvalue weighted by atomic mass is 9.93. The Labute approximate surface area is 177 Å². The molecule has 0 fully saturated rings. The number of hydrogen-bond acceptors (Lipinski definition) is 4. The van der Waals surface area contributed by atoms with Gasteiger partial charge in [0.05, 0.1) is 13.2 Å². The highest BCUT2D eigenvalue weighted by Crippen LogP contribution is 2.44. The van der Waals surface area contributed by atoms with Crippen LogP contribution >= 0.6 is 15.9 Å². The van der Waals surface area contributed by atoms with E-state index >= 15 is 0 Å². The van der Waals surface area contributed by atoms with Crippen molar-refractivity contribution in [3.63, 3.8) is 0 Å². The van der Waals surface area contributed by atoms with Crippen LogP contribution in [-0.4, -0.2) is 28.0 Å². The summed E-state index contributed by atoms with van der Waals surface area (Å²) in [7, 11) is 1.60. The van der Waals surface area contributed by atoms with Crippen LogP contribution in [0.4, 0.5) is 0 Å².